The van der Waals surface area contributed by atoms with Crippen molar-refractivity contribution in [2.24, 2.45) is 0 Å². The van der Waals surface area contributed by atoms with Gasteiger partial charge >= 0.3 is 12.2 Å². The largest absolute Gasteiger partial charge is 0.416 e. The Morgan fingerprint density at radius 3 is 2.41 bits per heavy atom. The second-order valence-electron chi connectivity index (χ2n) is 4.54. The Morgan fingerprint density at radius 2 is 1.91 bits per heavy atom. The average molecular weight is 330 g/mol. The molecule has 0 saturated carbocycles. The Hall–Kier alpha value is -2.06. The molecule has 118 valence electrons. The minimum atomic E-state index is -4.43. The van der Waals surface area contributed by atoms with Gasteiger partial charge in [-0.1, -0.05) is 6.07 Å². The van der Waals surface area contributed by atoms with E-state index in [0.29, 0.717) is 5.06 Å². The molecule has 2 aromatic rings. The first-order chi connectivity index (χ1) is 10.3. The van der Waals surface area contributed by atoms with Gasteiger partial charge in [0, 0.05) is 10.6 Å². The number of hydrogen-bond acceptors (Lipinski definition) is 3. The molecule has 2 rings (SSSR count). The van der Waals surface area contributed by atoms with E-state index in [4.69, 9.17) is 0 Å². The molecular weight excluding hydrogens is 317 g/mol. The maximum atomic E-state index is 12.4. The summed E-state index contributed by atoms with van der Waals surface area (Å²) < 4.78 is 37.3. The monoisotopic (exact) mass is 330 g/mol. The molecule has 4 nitrogen and oxygen atoms in total. The number of carbonyl (C=O) groups is 1. The van der Waals surface area contributed by atoms with E-state index in [-0.39, 0.29) is 5.69 Å². The highest BCUT2D eigenvalue weighted by Crippen LogP contribution is 2.30. The lowest BCUT2D eigenvalue weighted by Gasteiger charge is -2.22. The van der Waals surface area contributed by atoms with E-state index in [0.717, 1.165) is 29.1 Å². The first-order valence-corrected chi connectivity index (χ1v) is 7.17. The third-order valence-corrected chi connectivity index (χ3v) is 4.04. The van der Waals surface area contributed by atoms with Crippen molar-refractivity contribution in [3.8, 4) is 0 Å². The predicted octanol–water partition coefficient (Wildman–Crippen LogP) is 4.75. The van der Waals surface area contributed by atoms with E-state index >= 15 is 0 Å². The zero-order valence-corrected chi connectivity index (χ0v) is 12.3. The molecule has 22 heavy (non-hydrogen) atoms. The number of anilines is 1. The number of thiophene rings is 1. The number of carbonyl (C=O) groups excluding carboxylic acids is 1. The molecule has 0 spiro atoms. The molecule has 0 saturated heterocycles. The van der Waals surface area contributed by atoms with Crippen molar-refractivity contribution in [1.29, 1.82) is 0 Å². The Balaban J connectivity index is 2.02. The molecule has 0 fully saturated rings. The van der Waals surface area contributed by atoms with Crippen molar-refractivity contribution in [1.82, 2.24) is 5.06 Å². The van der Waals surface area contributed by atoms with Crippen LogP contribution >= 0.6 is 11.3 Å². The van der Waals surface area contributed by atoms with Crippen LogP contribution in [0.4, 0.5) is 23.7 Å². The molecular formula is C14H13F3N2O2S. The van der Waals surface area contributed by atoms with E-state index in [1.807, 2.05) is 5.38 Å². The fraction of sp³-hybridized carbons (Fsp3) is 0.214. The van der Waals surface area contributed by atoms with Gasteiger partial charge in [-0.25, -0.2) is 4.79 Å². The van der Waals surface area contributed by atoms with Crippen LogP contribution in [0.25, 0.3) is 0 Å². The quantitative estimate of drug-likeness (QED) is 0.630. The molecule has 0 aliphatic rings. The van der Waals surface area contributed by atoms with Crippen LogP contribution in [0, 0.1) is 0 Å². The van der Waals surface area contributed by atoms with Gasteiger partial charge in [0.2, 0.25) is 0 Å². The number of alkyl halides is 3. The predicted molar refractivity (Wildman–Crippen MR) is 76.8 cm³/mol. The molecule has 2 amide bonds. The van der Waals surface area contributed by atoms with Crippen molar-refractivity contribution in [2.45, 2.75) is 19.1 Å². The van der Waals surface area contributed by atoms with Gasteiger partial charge in [-0.05, 0) is 42.6 Å². The highest BCUT2D eigenvalue weighted by molar-refractivity contribution is 7.10. The van der Waals surface area contributed by atoms with Crippen molar-refractivity contribution in [2.75, 3.05) is 5.32 Å². The first kappa shape index (κ1) is 16.3. The number of halogens is 3. The summed E-state index contributed by atoms with van der Waals surface area (Å²) >= 11 is 1.38. The zero-order chi connectivity index (χ0) is 16.3. The Labute approximate surface area is 128 Å². The summed E-state index contributed by atoms with van der Waals surface area (Å²) in [6.45, 7) is 1.64. The molecule has 0 bridgehead atoms. The van der Waals surface area contributed by atoms with Gasteiger partial charge in [0.05, 0.1) is 11.6 Å². The molecule has 2 N–H and O–H groups in total. The van der Waals surface area contributed by atoms with Crippen LogP contribution in [0.2, 0.25) is 0 Å². The number of rotatable bonds is 3. The molecule has 1 aromatic carbocycles. The van der Waals surface area contributed by atoms with E-state index in [9.17, 15) is 23.2 Å². The summed E-state index contributed by atoms with van der Waals surface area (Å²) in [6, 6.07) is 6.16. The van der Waals surface area contributed by atoms with Gasteiger partial charge in [-0.15, -0.1) is 11.3 Å². The highest BCUT2D eigenvalue weighted by atomic mass is 32.1. The first-order valence-electron chi connectivity index (χ1n) is 6.29. The maximum Gasteiger partial charge on any atom is 0.416 e. The summed E-state index contributed by atoms with van der Waals surface area (Å²) in [5.74, 6) is 0. The molecule has 8 heteroatoms. The fourth-order valence-corrected chi connectivity index (χ4v) is 2.52. The lowest BCUT2D eigenvalue weighted by molar-refractivity contribution is -0.137. The standard InChI is InChI=1S/C14H13F3N2O2S/c1-9(12-3-2-8-22-12)19(21)13(20)18-11-6-4-10(5-7-11)14(15,16)17/h2-9,21H,1H3,(H,18,20). The zero-order valence-electron chi connectivity index (χ0n) is 11.5. The fourth-order valence-electron chi connectivity index (χ4n) is 1.75. The minimum absolute atomic E-state index is 0.162. The van der Waals surface area contributed by atoms with E-state index < -0.39 is 23.8 Å². The molecule has 1 heterocycles. The normalized spacial score (nSPS) is 12.8. The molecule has 1 aromatic heterocycles. The second kappa shape index (κ2) is 6.37. The number of benzene rings is 1. The summed E-state index contributed by atoms with van der Waals surface area (Å²) in [5.41, 5.74) is -0.645. The lowest BCUT2D eigenvalue weighted by atomic mass is 10.2. The van der Waals surface area contributed by atoms with Gasteiger partial charge in [0.15, 0.2) is 0 Å². The van der Waals surface area contributed by atoms with Crippen molar-refractivity contribution < 1.29 is 23.2 Å². The van der Waals surface area contributed by atoms with Crippen LogP contribution in [0.3, 0.4) is 0 Å². The molecule has 1 unspecified atom stereocenters. The topological polar surface area (TPSA) is 52.6 Å². The van der Waals surface area contributed by atoms with Gasteiger partial charge < -0.3 is 5.32 Å². The van der Waals surface area contributed by atoms with Crippen molar-refractivity contribution in [3.63, 3.8) is 0 Å². The number of hydrogen-bond donors (Lipinski definition) is 2. The van der Waals surface area contributed by atoms with Crippen LogP contribution < -0.4 is 5.32 Å². The number of hydroxylamine groups is 2. The van der Waals surface area contributed by atoms with Crippen molar-refractivity contribution >= 4 is 23.1 Å². The van der Waals surface area contributed by atoms with Crippen molar-refractivity contribution in [3.05, 3.63) is 52.2 Å². The van der Waals surface area contributed by atoms with E-state index in [2.05, 4.69) is 5.32 Å². The Kier molecular flexibility index (Phi) is 4.72. The third kappa shape index (κ3) is 3.77. The van der Waals surface area contributed by atoms with Gasteiger partial charge in [0.25, 0.3) is 0 Å². The summed E-state index contributed by atoms with van der Waals surface area (Å²) in [7, 11) is 0. The maximum absolute atomic E-state index is 12.4. The highest BCUT2D eigenvalue weighted by Gasteiger charge is 2.30. The van der Waals surface area contributed by atoms with Crippen LogP contribution in [0.5, 0.6) is 0 Å². The SMILES string of the molecule is CC(c1cccs1)N(O)C(=O)Nc1ccc(C(F)(F)F)cc1. The van der Waals surface area contributed by atoms with E-state index in [1.165, 1.54) is 11.3 Å². The summed E-state index contributed by atoms with van der Waals surface area (Å²) in [4.78, 5) is 12.7. The number of urea groups is 1. The van der Waals surface area contributed by atoms with Gasteiger partial charge in [0.1, 0.15) is 0 Å². The Morgan fingerprint density at radius 1 is 1.27 bits per heavy atom. The number of nitrogens with one attached hydrogen (secondary N) is 1. The molecule has 0 aliphatic heterocycles. The minimum Gasteiger partial charge on any atom is -0.306 e. The molecule has 0 radical (unpaired) electrons. The number of amides is 2. The van der Waals surface area contributed by atoms with Crippen LogP contribution in [-0.2, 0) is 6.18 Å². The summed E-state index contributed by atoms with van der Waals surface area (Å²) in [5, 5.41) is 14.5. The third-order valence-electron chi connectivity index (χ3n) is 2.99. The smallest absolute Gasteiger partial charge is 0.306 e. The molecule has 1 atom stereocenters. The summed E-state index contributed by atoms with van der Waals surface area (Å²) in [6.07, 6.45) is -4.43. The number of nitrogens with zero attached hydrogens (tertiary/aromatic N) is 1. The van der Waals surface area contributed by atoms with Crippen LogP contribution in [-0.4, -0.2) is 16.3 Å². The lowest BCUT2D eigenvalue weighted by Crippen LogP contribution is -2.33. The second-order valence-corrected chi connectivity index (χ2v) is 5.52. The van der Waals surface area contributed by atoms with Crippen LogP contribution in [0.1, 0.15) is 23.4 Å². The van der Waals surface area contributed by atoms with Crippen LogP contribution in [0.15, 0.2) is 41.8 Å². The van der Waals surface area contributed by atoms with Gasteiger partial charge in [-0.3, -0.25) is 5.21 Å². The molecule has 0 aliphatic carbocycles. The average Bonchev–Trinajstić information content (AvgIpc) is 2.99. The van der Waals surface area contributed by atoms with Gasteiger partial charge in [-0.2, -0.15) is 18.2 Å². The van der Waals surface area contributed by atoms with E-state index in [1.54, 1.807) is 19.1 Å². The Bertz CT molecular complexity index is 627.